The molecular formula is C25H32FN3O3S. The summed E-state index contributed by atoms with van der Waals surface area (Å²) in [6.45, 7) is 4.72. The van der Waals surface area contributed by atoms with E-state index in [0.717, 1.165) is 30.8 Å². The van der Waals surface area contributed by atoms with Crippen LogP contribution in [0, 0.1) is 11.7 Å². The minimum absolute atomic E-state index is 0.0403. The van der Waals surface area contributed by atoms with Gasteiger partial charge < -0.3 is 10.2 Å². The lowest BCUT2D eigenvalue weighted by Gasteiger charge is -2.31. The van der Waals surface area contributed by atoms with Crippen LogP contribution in [-0.4, -0.2) is 44.8 Å². The van der Waals surface area contributed by atoms with E-state index >= 15 is 0 Å². The van der Waals surface area contributed by atoms with Gasteiger partial charge in [0.2, 0.25) is 15.9 Å². The first-order valence-electron chi connectivity index (χ1n) is 11.8. The van der Waals surface area contributed by atoms with Gasteiger partial charge in [0.1, 0.15) is 5.82 Å². The number of hydrogen-bond donors (Lipinski definition) is 1. The van der Waals surface area contributed by atoms with E-state index in [1.54, 1.807) is 0 Å². The van der Waals surface area contributed by atoms with Crippen molar-refractivity contribution < 1.29 is 17.6 Å². The smallest absolute Gasteiger partial charge is 0.243 e. The topological polar surface area (TPSA) is 69.7 Å². The van der Waals surface area contributed by atoms with Crippen LogP contribution in [0.25, 0.3) is 0 Å². The molecule has 0 radical (unpaired) electrons. The first kappa shape index (κ1) is 23.7. The van der Waals surface area contributed by atoms with E-state index in [2.05, 4.69) is 34.5 Å². The molecule has 2 fully saturated rings. The molecule has 0 aliphatic carbocycles. The molecule has 0 saturated carbocycles. The van der Waals surface area contributed by atoms with Gasteiger partial charge in [-0.25, -0.2) is 12.8 Å². The van der Waals surface area contributed by atoms with E-state index in [0.29, 0.717) is 12.8 Å². The van der Waals surface area contributed by atoms with E-state index in [9.17, 15) is 17.6 Å². The molecule has 1 amide bonds. The molecule has 0 spiro atoms. The molecule has 2 saturated heterocycles. The first-order valence-corrected chi connectivity index (χ1v) is 13.2. The first-order chi connectivity index (χ1) is 15.8. The maximum Gasteiger partial charge on any atom is 0.243 e. The van der Waals surface area contributed by atoms with Gasteiger partial charge in [-0.15, -0.1) is 0 Å². The fourth-order valence-corrected chi connectivity index (χ4v) is 6.12. The summed E-state index contributed by atoms with van der Waals surface area (Å²) >= 11 is 0. The molecule has 2 aliphatic heterocycles. The Labute approximate surface area is 195 Å². The van der Waals surface area contributed by atoms with Gasteiger partial charge in [0.25, 0.3) is 0 Å². The molecule has 0 aromatic heterocycles. The lowest BCUT2D eigenvalue weighted by atomic mass is 9.96. The van der Waals surface area contributed by atoms with Crippen LogP contribution in [0.5, 0.6) is 0 Å². The molecule has 178 valence electrons. The van der Waals surface area contributed by atoms with Crippen LogP contribution in [0.1, 0.15) is 50.6 Å². The third kappa shape index (κ3) is 5.55. The zero-order valence-electron chi connectivity index (χ0n) is 19.0. The van der Waals surface area contributed by atoms with Gasteiger partial charge in [-0.2, -0.15) is 4.31 Å². The van der Waals surface area contributed by atoms with Gasteiger partial charge in [0.05, 0.1) is 10.9 Å². The molecule has 8 heteroatoms. The molecule has 1 unspecified atom stereocenters. The number of anilines is 1. The van der Waals surface area contributed by atoms with Crippen molar-refractivity contribution in [2.24, 2.45) is 5.92 Å². The van der Waals surface area contributed by atoms with Crippen LogP contribution in [0.4, 0.5) is 10.1 Å². The van der Waals surface area contributed by atoms with Crippen LogP contribution in [0.2, 0.25) is 0 Å². The molecule has 2 aromatic rings. The zero-order chi connectivity index (χ0) is 23.4. The molecule has 1 N–H and O–H groups in total. The van der Waals surface area contributed by atoms with Crippen molar-refractivity contribution in [3.63, 3.8) is 0 Å². The van der Waals surface area contributed by atoms with Crippen LogP contribution >= 0.6 is 0 Å². The Morgan fingerprint density at radius 3 is 2.15 bits per heavy atom. The Bertz CT molecular complexity index is 1040. The summed E-state index contributed by atoms with van der Waals surface area (Å²) in [6, 6.07) is 13.1. The highest BCUT2D eigenvalue weighted by molar-refractivity contribution is 7.89. The van der Waals surface area contributed by atoms with Crippen molar-refractivity contribution in [1.82, 2.24) is 9.62 Å². The SMILES string of the molecule is CC(NC(=O)C1CCN(S(=O)(=O)c2ccc(F)cc2)CC1)c1ccc(N2CCCCC2)cc1. The van der Waals surface area contributed by atoms with Gasteiger partial charge in [-0.1, -0.05) is 12.1 Å². The second-order valence-corrected chi connectivity index (χ2v) is 10.9. The van der Waals surface area contributed by atoms with Gasteiger partial charge in [0.15, 0.2) is 0 Å². The summed E-state index contributed by atoms with van der Waals surface area (Å²) in [5.41, 5.74) is 2.28. The summed E-state index contributed by atoms with van der Waals surface area (Å²) < 4.78 is 40.1. The van der Waals surface area contributed by atoms with E-state index < -0.39 is 15.8 Å². The van der Waals surface area contributed by atoms with E-state index in [-0.39, 0.29) is 35.9 Å². The average molecular weight is 474 g/mol. The maximum atomic E-state index is 13.1. The third-order valence-electron chi connectivity index (χ3n) is 6.75. The zero-order valence-corrected chi connectivity index (χ0v) is 19.9. The number of hydrogen-bond acceptors (Lipinski definition) is 4. The highest BCUT2D eigenvalue weighted by Crippen LogP contribution is 2.26. The van der Waals surface area contributed by atoms with Crippen molar-refractivity contribution in [1.29, 1.82) is 0 Å². The Kier molecular flexibility index (Phi) is 7.34. The third-order valence-corrected chi connectivity index (χ3v) is 8.66. The number of amides is 1. The van der Waals surface area contributed by atoms with E-state index in [4.69, 9.17) is 0 Å². The summed E-state index contributed by atoms with van der Waals surface area (Å²) in [4.78, 5) is 15.3. The minimum Gasteiger partial charge on any atom is -0.372 e. The Morgan fingerprint density at radius 2 is 1.55 bits per heavy atom. The average Bonchev–Trinajstić information content (AvgIpc) is 2.85. The summed E-state index contributed by atoms with van der Waals surface area (Å²) in [6.07, 6.45) is 4.70. The summed E-state index contributed by atoms with van der Waals surface area (Å²) in [5.74, 6) is -0.735. The molecule has 2 aliphatic rings. The number of nitrogens with zero attached hydrogens (tertiary/aromatic N) is 2. The number of piperidine rings is 2. The molecule has 2 aromatic carbocycles. The van der Waals surface area contributed by atoms with Gasteiger partial charge in [0, 0.05) is 37.8 Å². The van der Waals surface area contributed by atoms with Crippen LogP contribution in [0.3, 0.4) is 0 Å². The predicted molar refractivity (Wildman–Crippen MR) is 127 cm³/mol. The van der Waals surface area contributed by atoms with Gasteiger partial charge in [-0.05, 0) is 81.0 Å². The number of nitrogens with one attached hydrogen (secondary N) is 1. The Hall–Kier alpha value is -2.45. The number of carbonyl (C=O) groups is 1. The summed E-state index contributed by atoms with van der Waals surface area (Å²) in [7, 11) is -3.68. The van der Waals surface area contributed by atoms with E-state index in [1.807, 2.05) is 6.92 Å². The summed E-state index contributed by atoms with van der Waals surface area (Å²) in [5, 5.41) is 3.09. The minimum atomic E-state index is -3.68. The molecular weight excluding hydrogens is 441 g/mol. The van der Waals surface area contributed by atoms with Crippen LogP contribution in [0.15, 0.2) is 53.4 Å². The number of sulfonamides is 1. The number of rotatable bonds is 6. The maximum absolute atomic E-state index is 13.1. The molecule has 1 atom stereocenters. The number of carbonyl (C=O) groups excluding carboxylic acids is 1. The number of halogens is 1. The monoisotopic (exact) mass is 473 g/mol. The van der Waals surface area contributed by atoms with Crippen LogP contribution < -0.4 is 10.2 Å². The fourth-order valence-electron chi connectivity index (χ4n) is 4.65. The van der Waals surface area contributed by atoms with Crippen molar-refractivity contribution in [3.05, 3.63) is 59.9 Å². The standard InChI is InChI=1S/C25H32FN3O3S/c1-19(20-5-9-23(10-6-20)28-15-3-2-4-16-28)27-25(30)21-13-17-29(18-14-21)33(31,32)24-11-7-22(26)8-12-24/h5-12,19,21H,2-4,13-18H2,1H3,(H,27,30). The number of benzene rings is 2. The van der Waals surface area contributed by atoms with Crippen molar-refractivity contribution in [2.45, 2.75) is 50.0 Å². The largest absolute Gasteiger partial charge is 0.372 e. The molecule has 2 heterocycles. The Balaban J connectivity index is 1.30. The van der Waals surface area contributed by atoms with E-state index in [1.165, 1.54) is 41.4 Å². The normalized spacial score (nSPS) is 19.3. The van der Waals surface area contributed by atoms with Crippen LogP contribution in [-0.2, 0) is 14.8 Å². The van der Waals surface area contributed by atoms with Gasteiger partial charge >= 0.3 is 0 Å². The van der Waals surface area contributed by atoms with Gasteiger partial charge in [-0.3, -0.25) is 4.79 Å². The molecule has 4 rings (SSSR count). The molecule has 33 heavy (non-hydrogen) atoms. The molecule has 6 nitrogen and oxygen atoms in total. The lowest BCUT2D eigenvalue weighted by Crippen LogP contribution is -2.43. The second kappa shape index (κ2) is 10.2. The van der Waals surface area contributed by atoms with Crippen molar-refractivity contribution >= 4 is 21.6 Å². The highest BCUT2D eigenvalue weighted by Gasteiger charge is 2.32. The fraction of sp³-hybridized carbons (Fsp3) is 0.480. The highest BCUT2D eigenvalue weighted by atomic mass is 32.2. The van der Waals surface area contributed by atoms with Crippen molar-refractivity contribution in [3.8, 4) is 0 Å². The lowest BCUT2D eigenvalue weighted by molar-refractivity contribution is -0.126. The predicted octanol–water partition coefficient (Wildman–Crippen LogP) is 4.09. The van der Waals surface area contributed by atoms with Crippen molar-refractivity contribution in [2.75, 3.05) is 31.1 Å². The quantitative estimate of drug-likeness (QED) is 0.686. The Morgan fingerprint density at radius 1 is 0.939 bits per heavy atom. The second-order valence-electron chi connectivity index (χ2n) is 9.00. The molecule has 0 bridgehead atoms.